The third kappa shape index (κ3) is 3.80. The molecule has 29 heavy (non-hydrogen) atoms. The van der Waals surface area contributed by atoms with Crippen molar-refractivity contribution in [3.8, 4) is 0 Å². The van der Waals surface area contributed by atoms with Crippen LogP contribution in [0.4, 0.5) is 0 Å². The molecule has 0 aliphatic carbocycles. The Morgan fingerprint density at radius 1 is 1.00 bits per heavy atom. The van der Waals surface area contributed by atoms with Crippen LogP contribution >= 0.6 is 11.6 Å². The standard InChI is InChI=1S/C21H19ClN2O4S/c22-16-7-5-14(6-8-16)20(25)23-17-9-11-24(12-10-17)21(26)19-13-15-3-1-2-4-18(15)29(19,27)28/h1-8,13,17H,9-12H2,(H,23,25). The minimum absolute atomic E-state index is 0.0754. The number of carbonyl (C=O) groups is 2. The lowest BCUT2D eigenvalue weighted by atomic mass is 10.0. The molecule has 2 aliphatic heterocycles. The van der Waals surface area contributed by atoms with Gasteiger partial charge in [0.2, 0.25) is 9.84 Å². The molecule has 0 atom stereocenters. The van der Waals surface area contributed by atoms with E-state index in [1.807, 2.05) is 0 Å². The van der Waals surface area contributed by atoms with Crippen molar-refractivity contribution in [2.45, 2.75) is 23.8 Å². The number of amides is 2. The van der Waals surface area contributed by atoms with Gasteiger partial charge in [-0.15, -0.1) is 0 Å². The lowest BCUT2D eigenvalue weighted by Gasteiger charge is -2.32. The largest absolute Gasteiger partial charge is 0.349 e. The Morgan fingerprint density at radius 3 is 2.31 bits per heavy atom. The van der Waals surface area contributed by atoms with Crippen molar-refractivity contribution >= 4 is 39.3 Å². The molecule has 0 aromatic heterocycles. The summed E-state index contributed by atoms with van der Waals surface area (Å²) in [4.78, 5) is 26.7. The number of hydrogen-bond acceptors (Lipinski definition) is 4. The van der Waals surface area contributed by atoms with Gasteiger partial charge in [0.15, 0.2) is 0 Å². The Hall–Kier alpha value is -2.64. The second-order valence-electron chi connectivity index (χ2n) is 7.10. The Kier molecular flexibility index (Phi) is 5.19. The molecule has 2 amide bonds. The normalized spacial score (nSPS) is 18.1. The van der Waals surface area contributed by atoms with Crippen LogP contribution in [-0.4, -0.2) is 44.3 Å². The number of hydrogen-bond donors (Lipinski definition) is 1. The Labute approximate surface area is 174 Å². The smallest absolute Gasteiger partial charge is 0.265 e. The van der Waals surface area contributed by atoms with Gasteiger partial charge in [0.1, 0.15) is 4.91 Å². The maximum atomic E-state index is 12.8. The first-order valence-electron chi connectivity index (χ1n) is 9.28. The van der Waals surface area contributed by atoms with Crippen molar-refractivity contribution in [3.05, 3.63) is 69.6 Å². The van der Waals surface area contributed by atoms with Crippen LogP contribution in [0.15, 0.2) is 58.3 Å². The highest BCUT2D eigenvalue weighted by molar-refractivity contribution is 7.96. The molecule has 2 aromatic carbocycles. The van der Waals surface area contributed by atoms with Crippen LogP contribution < -0.4 is 5.32 Å². The number of likely N-dealkylation sites (tertiary alicyclic amines) is 1. The molecule has 0 radical (unpaired) electrons. The van der Waals surface area contributed by atoms with Crippen molar-refractivity contribution in [3.63, 3.8) is 0 Å². The Bertz CT molecular complexity index is 1100. The van der Waals surface area contributed by atoms with E-state index in [2.05, 4.69) is 5.32 Å². The summed E-state index contributed by atoms with van der Waals surface area (Å²) in [6.07, 6.45) is 2.57. The van der Waals surface area contributed by atoms with Crippen LogP contribution in [0.1, 0.15) is 28.8 Å². The predicted molar refractivity (Wildman–Crippen MR) is 110 cm³/mol. The number of nitrogens with one attached hydrogen (secondary N) is 1. The third-order valence-corrected chi connectivity index (χ3v) is 7.29. The molecule has 1 fully saturated rings. The second-order valence-corrected chi connectivity index (χ2v) is 9.42. The van der Waals surface area contributed by atoms with Gasteiger partial charge in [-0.05, 0) is 54.8 Å². The van der Waals surface area contributed by atoms with Gasteiger partial charge in [-0.1, -0.05) is 29.8 Å². The summed E-state index contributed by atoms with van der Waals surface area (Å²) >= 11 is 5.84. The van der Waals surface area contributed by atoms with E-state index >= 15 is 0 Å². The molecule has 2 heterocycles. The molecule has 0 unspecified atom stereocenters. The number of fused-ring (bicyclic) bond motifs is 1. The minimum Gasteiger partial charge on any atom is -0.349 e. The average Bonchev–Trinajstić information content (AvgIpc) is 2.99. The van der Waals surface area contributed by atoms with E-state index in [1.54, 1.807) is 47.4 Å². The van der Waals surface area contributed by atoms with Crippen molar-refractivity contribution < 1.29 is 18.0 Å². The SMILES string of the molecule is O=C(NC1CCN(C(=O)C2=Cc3ccccc3S2(=O)=O)CC1)c1ccc(Cl)cc1. The topological polar surface area (TPSA) is 83.6 Å². The summed E-state index contributed by atoms with van der Waals surface area (Å²) < 4.78 is 25.4. The molecule has 6 nitrogen and oxygen atoms in total. The van der Waals surface area contributed by atoms with Crippen molar-refractivity contribution in [2.24, 2.45) is 0 Å². The average molecular weight is 431 g/mol. The van der Waals surface area contributed by atoms with Crippen LogP contribution in [-0.2, 0) is 14.6 Å². The molecular weight excluding hydrogens is 412 g/mol. The summed E-state index contributed by atoms with van der Waals surface area (Å²) in [6, 6.07) is 13.1. The highest BCUT2D eigenvalue weighted by Gasteiger charge is 2.37. The van der Waals surface area contributed by atoms with Gasteiger partial charge >= 0.3 is 0 Å². The zero-order valence-electron chi connectivity index (χ0n) is 15.5. The number of rotatable bonds is 3. The number of piperidine rings is 1. The molecule has 4 rings (SSSR count). The van der Waals surface area contributed by atoms with Crippen molar-refractivity contribution in [1.82, 2.24) is 10.2 Å². The van der Waals surface area contributed by atoms with E-state index < -0.39 is 15.7 Å². The predicted octanol–water partition coefficient (Wildman–Crippen LogP) is 2.89. The fraction of sp³-hybridized carbons (Fsp3) is 0.238. The number of sulfone groups is 1. The lowest BCUT2D eigenvalue weighted by Crippen LogP contribution is -2.47. The van der Waals surface area contributed by atoms with Crippen LogP contribution in [0, 0.1) is 0 Å². The summed E-state index contributed by atoms with van der Waals surface area (Å²) in [5.74, 6) is -0.674. The molecule has 1 N–H and O–H groups in total. The first-order valence-corrected chi connectivity index (χ1v) is 11.1. The highest BCUT2D eigenvalue weighted by Crippen LogP contribution is 2.34. The molecule has 2 aliphatic rings. The monoisotopic (exact) mass is 430 g/mol. The molecule has 1 saturated heterocycles. The number of nitrogens with zero attached hydrogens (tertiary/aromatic N) is 1. The van der Waals surface area contributed by atoms with E-state index in [1.165, 1.54) is 12.1 Å². The zero-order chi connectivity index (χ0) is 20.6. The summed E-state index contributed by atoms with van der Waals surface area (Å²) in [5.41, 5.74) is 1.06. The van der Waals surface area contributed by atoms with E-state index in [0.717, 1.165) is 0 Å². The molecule has 0 spiro atoms. The molecular formula is C21H19ClN2O4S. The number of benzene rings is 2. The number of carbonyl (C=O) groups excluding carboxylic acids is 2. The van der Waals surface area contributed by atoms with Crippen LogP contribution in [0.25, 0.3) is 6.08 Å². The first-order chi connectivity index (χ1) is 13.9. The van der Waals surface area contributed by atoms with Crippen LogP contribution in [0.5, 0.6) is 0 Å². The Morgan fingerprint density at radius 2 is 1.66 bits per heavy atom. The zero-order valence-corrected chi connectivity index (χ0v) is 17.0. The van der Waals surface area contributed by atoms with E-state index in [9.17, 15) is 18.0 Å². The lowest BCUT2D eigenvalue weighted by molar-refractivity contribution is -0.127. The highest BCUT2D eigenvalue weighted by atomic mass is 35.5. The maximum absolute atomic E-state index is 12.8. The fourth-order valence-corrected chi connectivity index (χ4v) is 5.31. The maximum Gasteiger partial charge on any atom is 0.265 e. The van der Waals surface area contributed by atoms with Crippen molar-refractivity contribution in [1.29, 1.82) is 0 Å². The molecule has 8 heteroatoms. The van der Waals surface area contributed by atoms with Gasteiger partial charge in [-0.25, -0.2) is 8.42 Å². The molecule has 150 valence electrons. The van der Waals surface area contributed by atoms with Gasteiger partial charge in [-0.2, -0.15) is 0 Å². The van der Waals surface area contributed by atoms with E-state index in [0.29, 0.717) is 42.1 Å². The summed E-state index contributed by atoms with van der Waals surface area (Å²) in [6.45, 7) is 0.765. The second kappa shape index (κ2) is 7.65. The molecule has 2 aromatic rings. The molecule has 0 saturated carbocycles. The minimum atomic E-state index is -3.78. The summed E-state index contributed by atoms with van der Waals surface area (Å²) in [5, 5.41) is 3.52. The van der Waals surface area contributed by atoms with Gasteiger partial charge < -0.3 is 10.2 Å². The van der Waals surface area contributed by atoms with Crippen LogP contribution in [0.3, 0.4) is 0 Å². The quantitative estimate of drug-likeness (QED) is 0.811. The third-order valence-electron chi connectivity index (χ3n) is 5.22. The summed E-state index contributed by atoms with van der Waals surface area (Å²) in [7, 11) is -3.78. The van der Waals surface area contributed by atoms with Gasteiger partial charge in [0.25, 0.3) is 11.8 Å². The Balaban J connectivity index is 1.38. The first kappa shape index (κ1) is 19.7. The van der Waals surface area contributed by atoms with Gasteiger partial charge in [0, 0.05) is 29.7 Å². The number of halogens is 1. The molecule has 0 bridgehead atoms. The van der Waals surface area contributed by atoms with E-state index in [4.69, 9.17) is 11.6 Å². The van der Waals surface area contributed by atoms with Crippen LogP contribution in [0.2, 0.25) is 5.02 Å². The van der Waals surface area contributed by atoms with Gasteiger partial charge in [0.05, 0.1) is 4.90 Å². The van der Waals surface area contributed by atoms with E-state index in [-0.39, 0.29) is 21.7 Å². The fourth-order valence-electron chi connectivity index (χ4n) is 3.61. The van der Waals surface area contributed by atoms with Crippen molar-refractivity contribution in [2.75, 3.05) is 13.1 Å². The van der Waals surface area contributed by atoms with Gasteiger partial charge in [-0.3, -0.25) is 9.59 Å².